The Labute approximate surface area is 199 Å². The van der Waals surface area contributed by atoms with Gasteiger partial charge in [0.05, 0.1) is 33.3 Å². The molecule has 1 amide bonds. The van der Waals surface area contributed by atoms with Crippen LogP contribution in [0.5, 0.6) is 5.75 Å². The number of hydrogen-bond donors (Lipinski definition) is 1. The predicted octanol–water partition coefficient (Wildman–Crippen LogP) is 4.67. The fraction of sp³-hybridized carbons (Fsp3) is 0.321. The van der Waals surface area contributed by atoms with Crippen molar-refractivity contribution >= 4 is 5.91 Å². The van der Waals surface area contributed by atoms with Crippen LogP contribution >= 0.6 is 0 Å². The first kappa shape index (κ1) is 23.9. The van der Waals surface area contributed by atoms with Crippen molar-refractivity contribution in [1.29, 1.82) is 0 Å². The summed E-state index contributed by atoms with van der Waals surface area (Å²) in [4.78, 5) is 13.2. The number of halogens is 2. The van der Waals surface area contributed by atoms with Crippen molar-refractivity contribution in [2.45, 2.75) is 18.3 Å². The van der Waals surface area contributed by atoms with Crippen LogP contribution in [-0.2, 0) is 10.2 Å². The largest absolute Gasteiger partial charge is 0.487 e. The van der Waals surface area contributed by atoms with Gasteiger partial charge < -0.3 is 15.0 Å². The van der Waals surface area contributed by atoms with Crippen LogP contribution in [0.1, 0.15) is 24.0 Å². The van der Waals surface area contributed by atoms with Crippen molar-refractivity contribution in [2.24, 2.45) is 11.7 Å². The molecule has 3 aromatic carbocycles. The fourth-order valence-electron chi connectivity index (χ4n) is 5.51. The maximum atomic E-state index is 13.8. The maximum absolute atomic E-state index is 13.8. The second kappa shape index (κ2) is 9.94. The van der Waals surface area contributed by atoms with Crippen molar-refractivity contribution in [2.75, 3.05) is 33.3 Å². The topological polar surface area (TPSA) is 52.3 Å². The Morgan fingerprint density at radius 1 is 0.971 bits per heavy atom. The summed E-state index contributed by atoms with van der Waals surface area (Å²) in [6.45, 7) is 2.63. The average Bonchev–Trinajstić information content (AvgIpc) is 3.22. The summed E-state index contributed by atoms with van der Waals surface area (Å²) in [5.74, 6) is -2.05. The van der Waals surface area contributed by atoms with Gasteiger partial charge in [-0.3, -0.25) is 4.79 Å². The molecule has 1 heterocycles. The van der Waals surface area contributed by atoms with Gasteiger partial charge in [0.1, 0.15) is 5.41 Å². The number of hydrogen-bond acceptors (Lipinski definition) is 2. The highest BCUT2D eigenvalue weighted by molar-refractivity contribution is 5.91. The Bertz CT molecular complexity index is 1060. The molecule has 2 N–H and O–H groups in total. The molecule has 0 radical (unpaired) electrons. The molecule has 34 heavy (non-hydrogen) atoms. The van der Waals surface area contributed by atoms with Crippen molar-refractivity contribution in [3.8, 4) is 5.75 Å². The molecule has 3 aromatic rings. The molecule has 1 fully saturated rings. The van der Waals surface area contributed by atoms with E-state index in [0.29, 0.717) is 6.42 Å². The van der Waals surface area contributed by atoms with E-state index in [4.69, 9.17) is 10.5 Å². The Morgan fingerprint density at radius 2 is 1.53 bits per heavy atom. The first-order chi connectivity index (χ1) is 16.4. The van der Waals surface area contributed by atoms with Crippen LogP contribution in [0.4, 0.5) is 8.78 Å². The number of quaternary nitrogens is 1. The van der Waals surface area contributed by atoms with E-state index in [1.165, 1.54) is 18.2 Å². The monoisotopic (exact) mass is 465 g/mol. The molecule has 0 bridgehead atoms. The van der Waals surface area contributed by atoms with Gasteiger partial charge in [-0.15, -0.1) is 0 Å². The lowest BCUT2D eigenvalue weighted by molar-refractivity contribution is -0.899. The van der Waals surface area contributed by atoms with Gasteiger partial charge in [-0.05, 0) is 23.3 Å². The molecule has 4 rings (SSSR count). The highest BCUT2D eigenvalue weighted by Crippen LogP contribution is 2.45. The molecular formula is C28H31F2N2O2+. The summed E-state index contributed by atoms with van der Waals surface area (Å²) < 4.78 is 33.8. The number of rotatable bonds is 9. The molecule has 4 nitrogen and oxygen atoms in total. The summed E-state index contributed by atoms with van der Waals surface area (Å²) in [5, 5.41) is 0. The van der Waals surface area contributed by atoms with Crippen molar-refractivity contribution in [3.63, 3.8) is 0 Å². The van der Waals surface area contributed by atoms with E-state index in [1.54, 1.807) is 0 Å². The number of primary amides is 1. The van der Waals surface area contributed by atoms with Crippen LogP contribution in [0, 0.1) is 17.6 Å². The van der Waals surface area contributed by atoms with E-state index in [0.717, 1.165) is 41.7 Å². The highest BCUT2D eigenvalue weighted by atomic mass is 19.1. The number of nitrogens with zero attached hydrogens (tertiary/aromatic N) is 1. The molecular weight excluding hydrogens is 434 g/mol. The molecule has 0 aromatic heterocycles. The van der Waals surface area contributed by atoms with Crippen LogP contribution in [0.25, 0.3) is 0 Å². The Hall–Kier alpha value is -3.25. The lowest BCUT2D eigenvalue weighted by Crippen LogP contribution is -2.51. The zero-order valence-corrected chi connectivity index (χ0v) is 19.4. The van der Waals surface area contributed by atoms with Gasteiger partial charge in [0.15, 0.2) is 17.4 Å². The summed E-state index contributed by atoms with van der Waals surface area (Å²) >= 11 is 0. The third kappa shape index (κ3) is 4.55. The number of benzene rings is 3. The van der Waals surface area contributed by atoms with Gasteiger partial charge >= 0.3 is 0 Å². The first-order valence-corrected chi connectivity index (χ1v) is 11.7. The fourth-order valence-corrected chi connectivity index (χ4v) is 5.51. The van der Waals surface area contributed by atoms with Crippen molar-refractivity contribution in [1.82, 2.24) is 0 Å². The van der Waals surface area contributed by atoms with Crippen LogP contribution in [0.15, 0.2) is 78.9 Å². The standard InChI is InChI=1S/C28H30F2N2O2/c1-32(17-9-19-34-26-24(29)14-8-15-25(26)30)18-16-23(20-32)28(27(31)33,21-10-4-2-5-11-21)22-12-6-3-7-13-22/h2-8,10-15,23H,9,16-20H2,1H3,(H-,31,33)/p+1/t23-,32?/m1/s1. The van der Waals surface area contributed by atoms with Gasteiger partial charge in [-0.1, -0.05) is 66.7 Å². The van der Waals surface area contributed by atoms with Crippen LogP contribution in [0.2, 0.25) is 0 Å². The lowest BCUT2D eigenvalue weighted by Gasteiger charge is -2.38. The smallest absolute Gasteiger partial charge is 0.233 e. The highest BCUT2D eigenvalue weighted by Gasteiger charge is 2.53. The zero-order chi connectivity index (χ0) is 24.2. The van der Waals surface area contributed by atoms with Gasteiger partial charge in [0.25, 0.3) is 0 Å². The van der Waals surface area contributed by atoms with Gasteiger partial charge in [-0.2, -0.15) is 0 Å². The quantitative estimate of drug-likeness (QED) is 0.369. The lowest BCUT2D eigenvalue weighted by atomic mass is 9.64. The van der Waals surface area contributed by atoms with Gasteiger partial charge in [-0.25, -0.2) is 8.78 Å². The van der Waals surface area contributed by atoms with E-state index in [2.05, 4.69) is 7.05 Å². The Balaban J connectivity index is 1.52. The molecule has 1 aliphatic heterocycles. The van der Waals surface area contributed by atoms with E-state index in [9.17, 15) is 13.6 Å². The summed E-state index contributed by atoms with van der Waals surface area (Å²) in [5.41, 5.74) is 7.07. The van der Waals surface area contributed by atoms with Crippen molar-refractivity contribution < 1.29 is 22.8 Å². The number of amides is 1. The number of likely N-dealkylation sites (tertiary alicyclic amines) is 1. The van der Waals surface area contributed by atoms with Crippen molar-refractivity contribution in [3.05, 3.63) is 102 Å². The first-order valence-electron chi connectivity index (χ1n) is 11.7. The second-order valence-electron chi connectivity index (χ2n) is 9.39. The number of nitrogens with two attached hydrogens (primary N) is 1. The molecule has 178 valence electrons. The van der Waals surface area contributed by atoms with E-state index in [-0.39, 0.29) is 24.2 Å². The SMILES string of the molecule is C[N+]1(CCCOc2c(F)cccc2F)CC[C@@H](C(C(N)=O)(c2ccccc2)c2ccccc2)C1. The number of para-hydroxylation sites is 1. The Kier molecular flexibility index (Phi) is 6.98. The predicted molar refractivity (Wildman–Crippen MR) is 128 cm³/mol. The molecule has 0 saturated carbocycles. The third-order valence-electron chi connectivity index (χ3n) is 7.15. The zero-order valence-electron chi connectivity index (χ0n) is 19.4. The normalized spacial score (nSPS) is 20.3. The average molecular weight is 466 g/mol. The van der Waals surface area contributed by atoms with Gasteiger partial charge in [0.2, 0.25) is 5.91 Å². The van der Waals surface area contributed by atoms with E-state index in [1.807, 2.05) is 60.7 Å². The second-order valence-corrected chi connectivity index (χ2v) is 9.39. The third-order valence-corrected chi connectivity index (χ3v) is 7.15. The number of ether oxygens (including phenoxy) is 1. The summed E-state index contributed by atoms with van der Waals surface area (Å²) in [6, 6.07) is 23.3. The molecule has 2 atom stereocenters. The minimum Gasteiger partial charge on any atom is -0.487 e. The van der Waals surface area contributed by atoms with Crippen LogP contribution < -0.4 is 10.5 Å². The summed E-state index contributed by atoms with van der Waals surface area (Å²) in [7, 11) is 2.16. The molecule has 1 aliphatic rings. The maximum Gasteiger partial charge on any atom is 0.233 e. The van der Waals surface area contributed by atoms with Crippen LogP contribution in [0.3, 0.4) is 0 Å². The molecule has 1 unspecified atom stereocenters. The molecule has 0 spiro atoms. The minimum atomic E-state index is -0.925. The molecule has 1 saturated heterocycles. The van der Waals surface area contributed by atoms with Gasteiger partial charge in [0, 0.05) is 18.8 Å². The molecule has 0 aliphatic carbocycles. The van der Waals surface area contributed by atoms with Crippen LogP contribution in [-0.4, -0.2) is 43.7 Å². The minimum absolute atomic E-state index is 0.0183. The van der Waals surface area contributed by atoms with E-state index < -0.39 is 17.0 Å². The van der Waals surface area contributed by atoms with E-state index >= 15 is 0 Å². The number of carbonyl (C=O) groups is 1. The molecule has 6 heteroatoms. The summed E-state index contributed by atoms with van der Waals surface area (Å²) in [6.07, 6.45) is 1.48. The Morgan fingerprint density at radius 3 is 2.06 bits per heavy atom. The number of carbonyl (C=O) groups excluding carboxylic acids is 1.